The van der Waals surface area contributed by atoms with E-state index in [4.69, 9.17) is 9.47 Å². The molecule has 1 heterocycles. The first-order valence-corrected chi connectivity index (χ1v) is 6.21. The van der Waals surface area contributed by atoms with E-state index in [9.17, 15) is 33.4 Å². The highest BCUT2D eigenvalue weighted by Gasteiger charge is 2.37. The summed E-state index contributed by atoms with van der Waals surface area (Å²) in [6.45, 7) is 0.375. The molecule has 1 aliphatic heterocycles. The quantitative estimate of drug-likeness (QED) is 0.647. The Kier molecular flexibility index (Phi) is 4.65. The predicted molar refractivity (Wildman–Crippen MR) is 68.9 cm³/mol. The molecule has 1 aromatic carbocycles. The van der Waals surface area contributed by atoms with Crippen LogP contribution in [0, 0.1) is 20.2 Å². The molecule has 1 aromatic rings. The molecule has 0 unspecified atom stereocenters. The van der Waals surface area contributed by atoms with Crippen LogP contribution < -0.4 is 5.32 Å². The second-order valence-corrected chi connectivity index (χ2v) is 4.45. The molecule has 1 N–H and O–H groups in total. The van der Waals surface area contributed by atoms with Gasteiger partial charge in [-0.2, -0.15) is 13.2 Å². The minimum atomic E-state index is -4.95. The molecule has 0 aliphatic carbocycles. The molecular weight excluding hydrogens is 327 g/mol. The Morgan fingerprint density at radius 2 is 1.61 bits per heavy atom. The SMILES string of the molecule is O=[N+]([O-])c1cc(C(F)(F)F)cc([N+](=O)[O-])c1NCC1OCCO1. The molecule has 1 saturated heterocycles. The van der Waals surface area contributed by atoms with Crippen LogP contribution in [0.4, 0.5) is 30.2 Å². The van der Waals surface area contributed by atoms with Gasteiger partial charge in [-0.3, -0.25) is 20.2 Å². The highest BCUT2D eigenvalue weighted by Crippen LogP contribution is 2.41. The number of hydrogen-bond donors (Lipinski definition) is 1. The molecule has 12 heteroatoms. The number of hydrogen-bond acceptors (Lipinski definition) is 7. The van der Waals surface area contributed by atoms with Crippen molar-refractivity contribution in [2.75, 3.05) is 25.1 Å². The molecule has 0 bridgehead atoms. The lowest BCUT2D eigenvalue weighted by Crippen LogP contribution is -2.21. The zero-order chi connectivity index (χ0) is 17.2. The second kappa shape index (κ2) is 6.34. The van der Waals surface area contributed by atoms with Crippen molar-refractivity contribution in [2.45, 2.75) is 12.5 Å². The third kappa shape index (κ3) is 3.84. The van der Waals surface area contributed by atoms with Crippen LogP contribution in [0.1, 0.15) is 5.56 Å². The summed E-state index contributed by atoms with van der Waals surface area (Å²) in [7, 11) is 0. The fourth-order valence-electron chi connectivity index (χ4n) is 1.96. The number of nitrogens with zero attached hydrogens (tertiary/aromatic N) is 2. The summed E-state index contributed by atoms with van der Waals surface area (Å²) in [5, 5.41) is 24.3. The Bertz CT molecular complexity index is 595. The number of halogens is 3. The number of nitrogens with one attached hydrogen (secondary N) is 1. The standard InChI is InChI=1S/C11H10F3N3O6/c12-11(13,14)6-3-7(16(18)19)10(8(4-6)17(20)21)15-5-9-22-1-2-23-9/h3-4,9,15H,1-2,5H2. The van der Waals surface area contributed by atoms with Gasteiger partial charge in [0.25, 0.3) is 11.4 Å². The van der Waals surface area contributed by atoms with Gasteiger partial charge in [0.2, 0.25) is 0 Å². The second-order valence-electron chi connectivity index (χ2n) is 4.45. The molecule has 9 nitrogen and oxygen atoms in total. The maximum atomic E-state index is 12.7. The summed E-state index contributed by atoms with van der Waals surface area (Å²) < 4.78 is 48.3. The summed E-state index contributed by atoms with van der Waals surface area (Å²) in [6, 6.07) is 0.484. The molecule has 0 saturated carbocycles. The van der Waals surface area contributed by atoms with Gasteiger partial charge < -0.3 is 14.8 Å². The molecular formula is C11H10F3N3O6. The minimum absolute atomic E-state index is 0.187. The Morgan fingerprint density at radius 1 is 1.13 bits per heavy atom. The van der Waals surface area contributed by atoms with Crippen LogP contribution in [0.3, 0.4) is 0 Å². The van der Waals surface area contributed by atoms with Gasteiger partial charge >= 0.3 is 6.18 Å². The summed E-state index contributed by atoms with van der Waals surface area (Å²) in [5.74, 6) is 0. The van der Waals surface area contributed by atoms with E-state index in [0.29, 0.717) is 0 Å². The lowest BCUT2D eigenvalue weighted by Gasteiger charge is -2.13. The number of nitro groups is 2. The molecule has 0 amide bonds. The maximum Gasteiger partial charge on any atom is 0.416 e. The monoisotopic (exact) mass is 337 g/mol. The number of alkyl halides is 3. The smallest absolute Gasteiger partial charge is 0.369 e. The normalized spacial score (nSPS) is 15.6. The van der Waals surface area contributed by atoms with Gasteiger partial charge in [-0.15, -0.1) is 0 Å². The number of benzene rings is 1. The first-order chi connectivity index (χ1) is 10.7. The summed E-state index contributed by atoms with van der Waals surface area (Å²) in [5.41, 5.74) is -4.21. The van der Waals surface area contributed by atoms with Crippen molar-refractivity contribution in [2.24, 2.45) is 0 Å². The highest BCUT2D eigenvalue weighted by molar-refractivity contribution is 5.75. The summed E-state index contributed by atoms with van der Waals surface area (Å²) >= 11 is 0. The van der Waals surface area contributed by atoms with E-state index in [2.05, 4.69) is 5.32 Å². The number of ether oxygens (including phenoxy) is 2. The predicted octanol–water partition coefficient (Wildman–Crippen LogP) is 2.31. The third-order valence-corrected chi connectivity index (χ3v) is 2.95. The van der Waals surface area contributed by atoms with Crippen LogP contribution in [0.15, 0.2) is 12.1 Å². The van der Waals surface area contributed by atoms with E-state index < -0.39 is 44.9 Å². The van der Waals surface area contributed by atoms with Crippen molar-refractivity contribution in [3.8, 4) is 0 Å². The minimum Gasteiger partial charge on any atom is -0.369 e. The van der Waals surface area contributed by atoms with E-state index in [1.54, 1.807) is 0 Å². The van der Waals surface area contributed by atoms with E-state index in [1.165, 1.54) is 0 Å². The molecule has 126 valence electrons. The van der Waals surface area contributed by atoms with Crippen molar-refractivity contribution < 1.29 is 32.5 Å². The molecule has 1 aliphatic rings. The summed E-state index contributed by atoms with van der Waals surface area (Å²) in [6.07, 6.45) is -5.75. The van der Waals surface area contributed by atoms with E-state index in [0.717, 1.165) is 0 Å². The molecule has 0 spiro atoms. The fraction of sp³-hybridized carbons (Fsp3) is 0.455. The van der Waals surface area contributed by atoms with Crippen LogP contribution in [0.5, 0.6) is 0 Å². The van der Waals surface area contributed by atoms with E-state index in [1.807, 2.05) is 0 Å². The van der Waals surface area contributed by atoms with Gasteiger partial charge in [-0.05, 0) is 0 Å². The van der Waals surface area contributed by atoms with Crippen LogP contribution in [-0.2, 0) is 15.7 Å². The Labute approximate surface area is 126 Å². The van der Waals surface area contributed by atoms with E-state index in [-0.39, 0.29) is 31.9 Å². The van der Waals surface area contributed by atoms with Gasteiger partial charge in [0, 0.05) is 12.1 Å². The zero-order valence-electron chi connectivity index (χ0n) is 11.3. The molecule has 23 heavy (non-hydrogen) atoms. The lowest BCUT2D eigenvalue weighted by atomic mass is 10.1. The van der Waals surface area contributed by atoms with Crippen molar-refractivity contribution in [1.29, 1.82) is 0 Å². The highest BCUT2D eigenvalue weighted by atomic mass is 19.4. The van der Waals surface area contributed by atoms with Gasteiger partial charge in [0.05, 0.1) is 35.2 Å². The van der Waals surface area contributed by atoms with Gasteiger partial charge in [-0.25, -0.2) is 0 Å². The van der Waals surface area contributed by atoms with Crippen molar-refractivity contribution in [3.05, 3.63) is 37.9 Å². The Hall–Kier alpha value is -2.47. The van der Waals surface area contributed by atoms with Crippen LogP contribution in [0.2, 0.25) is 0 Å². The zero-order valence-corrected chi connectivity index (χ0v) is 11.3. The molecule has 0 radical (unpaired) electrons. The topological polar surface area (TPSA) is 117 Å². The first-order valence-electron chi connectivity index (χ1n) is 6.21. The van der Waals surface area contributed by atoms with Gasteiger partial charge in [-0.1, -0.05) is 0 Å². The number of anilines is 1. The molecule has 1 fully saturated rings. The van der Waals surface area contributed by atoms with Gasteiger partial charge in [0.15, 0.2) is 12.0 Å². The number of rotatable bonds is 5. The average Bonchev–Trinajstić information content (AvgIpc) is 2.96. The van der Waals surface area contributed by atoms with Crippen molar-refractivity contribution in [1.82, 2.24) is 0 Å². The van der Waals surface area contributed by atoms with Crippen LogP contribution >= 0.6 is 0 Å². The van der Waals surface area contributed by atoms with Gasteiger partial charge in [0.1, 0.15) is 0 Å². The number of nitro benzene ring substituents is 2. The maximum absolute atomic E-state index is 12.7. The third-order valence-electron chi connectivity index (χ3n) is 2.95. The first kappa shape index (κ1) is 16.9. The van der Waals surface area contributed by atoms with Crippen LogP contribution in [0.25, 0.3) is 0 Å². The average molecular weight is 337 g/mol. The Balaban J connectivity index is 2.44. The molecule has 0 atom stereocenters. The van der Waals surface area contributed by atoms with Crippen molar-refractivity contribution >= 4 is 17.1 Å². The van der Waals surface area contributed by atoms with E-state index >= 15 is 0 Å². The summed E-state index contributed by atoms with van der Waals surface area (Å²) in [4.78, 5) is 19.7. The van der Waals surface area contributed by atoms with Crippen LogP contribution in [-0.4, -0.2) is 35.9 Å². The Morgan fingerprint density at radius 3 is 2.00 bits per heavy atom. The molecule has 0 aromatic heterocycles. The fourth-order valence-corrected chi connectivity index (χ4v) is 1.96. The van der Waals surface area contributed by atoms with Crippen molar-refractivity contribution in [3.63, 3.8) is 0 Å². The molecule has 2 rings (SSSR count). The lowest BCUT2D eigenvalue weighted by molar-refractivity contribution is -0.392. The largest absolute Gasteiger partial charge is 0.416 e.